The molecule has 0 amide bonds. The third-order valence-electron chi connectivity index (χ3n) is 5.19. The number of thiophene rings is 1. The van der Waals surface area contributed by atoms with Gasteiger partial charge in [-0.2, -0.15) is 5.10 Å². The van der Waals surface area contributed by atoms with Crippen LogP contribution in [0.2, 0.25) is 5.02 Å². The van der Waals surface area contributed by atoms with Crippen LogP contribution in [-0.2, 0) is 13.1 Å². The van der Waals surface area contributed by atoms with Gasteiger partial charge in [-0.15, -0.1) is 11.3 Å². The number of nitrogens with zero attached hydrogens (tertiary/aromatic N) is 3. The SMILES string of the molecule is O=c1ccc(-c2cccs2)nn1CC1(O)CCN(Cc2ccc(Cl)cc2)CC1. The summed E-state index contributed by atoms with van der Waals surface area (Å²) in [7, 11) is 0. The Kier molecular flexibility index (Phi) is 5.64. The maximum Gasteiger partial charge on any atom is 0.266 e. The molecule has 1 saturated heterocycles. The van der Waals surface area contributed by atoms with Gasteiger partial charge in [0.2, 0.25) is 0 Å². The quantitative estimate of drug-likeness (QED) is 0.691. The zero-order chi connectivity index (χ0) is 19.6. The zero-order valence-electron chi connectivity index (χ0n) is 15.4. The zero-order valence-corrected chi connectivity index (χ0v) is 17.0. The molecule has 0 unspecified atom stereocenters. The number of halogens is 1. The van der Waals surface area contributed by atoms with Gasteiger partial charge in [0, 0.05) is 30.7 Å². The molecule has 0 bridgehead atoms. The molecule has 1 aliphatic rings. The van der Waals surface area contributed by atoms with Crippen LogP contribution in [0.4, 0.5) is 0 Å². The van der Waals surface area contributed by atoms with Crippen molar-refractivity contribution in [3.63, 3.8) is 0 Å². The van der Waals surface area contributed by atoms with E-state index >= 15 is 0 Å². The monoisotopic (exact) mass is 415 g/mol. The van der Waals surface area contributed by atoms with E-state index in [0.717, 1.165) is 35.2 Å². The second-order valence-electron chi connectivity index (χ2n) is 7.32. The normalized spacial score (nSPS) is 16.9. The summed E-state index contributed by atoms with van der Waals surface area (Å²) in [5.74, 6) is 0. The molecular weight excluding hydrogens is 394 g/mol. The molecule has 0 aliphatic carbocycles. The molecule has 2 aromatic heterocycles. The van der Waals surface area contributed by atoms with Crippen LogP contribution in [0.25, 0.3) is 10.6 Å². The lowest BCUT2D eigenvalue weighted by Gasteiger charge is -2.38. The molecule has 0 atom stereocenters. The Morgan fingerprint density at radius 2 is 1.86 bits per heavy atom. The Morgan fingerprint density at radius 1 is 1.11 bits per heavy atom. The fourth-order valence-electron chi connectivity index (χ4n) is 3.53. The Morgan fingerprint density at radius 3 is 2.54 bits per heavy atom. The van der Waals surface area contributed by atoms with E-state index in [1.54, 1.807) is 17.4 Å². The van der Waals surface area contributed by atoms with Crippen molar-refractivity contribution in [2.24, 2.45) is 0 Å². The second kappa shape index (κ2) is 8.17. The van der Waals surface area contributed by atoms with Crippen molar-refractivity contribution < 1.29 is 5.11 Å². The number of likely N-dealkylation sites (tertiary alicyclic amines) is 1. The summed E-state index contributed by atoms with van der Waals surface area (Å²) in [4.78, 5) is 15.6. The molecule has 5 nitrogen and oxygen atoms in total. The summed E-state index contributed by atoms with van der Waals surface area (Å²) in [5.41, 5.74) is 0.869. The average molecular weight is 416 g/mol. The molecule has 4 rings (SSSR count). The highest BCUT2D eigenvalue weighted by molar-refractivity contribution is 7.13. The van der Waals surface area contributed by atoms with Gasteiger partial charge in [-0.3, -0.25) is 9.69 Å². The van der Waals surface area contributed by atoms with Crippen molar-refractivity contribution in [3.05, 3.63) is 74.9 Å². The lowest BCUT2D eigenvalue weighted by Crippen LogP contribution is -2.48. The largest absolute Gasteiger partial charge is 0.388 e. The van der Waals surface area contributed by atoms with Crippen LogP contribution in [0, 0.1) is 0 Å². The molecule has 3 aromatic rings. The second-order valence-corrected chi connectivity index (χ2v) is 8.70. The highest BCUT2D eigenvalue weighted by Gasteiger charge is 2.33. The van der Waals surface area contributed by atoms with E-state index < -0.39 is 5.60 Å². The molecule has 1 aromatic carbocycles. The molecule has 3 heterocycles. The first-order valence-corrected chi connectivity index (χ1v) is 10.6. The topological polar surface area (TPSA) is 58.4 Å². The predicted octanol–water partition coefficient (Wildman–Crippen LogP) is 3.65. The van der Waals surface area contributed by atoms with Crippen LogP contribution in [0.15, 0.2) is 58.7 Å². The molecule has 28 heavy (non-hydrogen) atoms. The first-order valence-electron chi connectivity index (χ1n) is 9.32. The van der Waals surface area contributed by atoms with Crippen LogP contribution in [0.3, 0.4) is 0 Å². The molecule has 7 heteroatoms. The van der Waals surface area contributed by atoms with Crippen molar-refractivity contribution in [1.82, 2.24) is 14.7 Å². The predicted molar refractivity (Wildman–Crippen MR) is 113 cm³/mol. The Labute approximate surface area is 172 Å². The summed E-state index contributed by atoms with van der Waals surface area (Å²) in [6.07, 6.45) is 1.22. The number of rotatable bonds is 5. The van der Waals surface area contributed by atoms with E-state index in [2.05, 4.69) is 10.00 Å². The van der Waals surface area contributed by atoms with E-state index in [4.69, 9.17) is 11.6 Å². The maximum atomic E-state index is 12.3. The molecule has 1 fully saturated rings. The minimum absolute atomic E-state index is 0.183. The minimum Gasteiger partial charge on any atom is -0.388 e. The van der Waals surface area contributed by atoms with Crippen LogP contribution in [-0.4, -0.2) is 38.5 Å². The first kappa shape index (κ1) is 19.3. The summed E-state index contributed by atoms with van der Waals surface area (Å²) in [5, 5.41) is 18.2. The molecule has 146 valence electrons. The van der Waals surface area contributed by atoms with Gasteiger partial charge in [0.1, 0.15) is 5.69 Å². The molecule has 0 saturated carbocycles. The smallest absolute Gasteiger partial charge is 0.266 e. The number of aromatic nitrogens is 2. The van der Waals surface area contributed by atoms with Gasteiger partial charge in [0.25, 0.3) is 5.56 Å². The van der Waals surface area contributed by atoms with Crippen LogP contribution in [0.1, 0.15) is 18.4 Å². The number of aliphatic hydroxyl groups is 1. The van der Waals surface area contributed by atoms with E-state index in [9.17, 15) is 9.90 Å². The van der Waals surface area contributed by atoms with Crippen LogP contribution in [0.5, 0.6) is 0 Å². The maximum absolute atomic E-state index is 12.3. The highest BCUT2D eigenvalue weighted by Crippen LogP contribution is 2.26. The third-order valence-corrected chi connectivity index (χ3v) is 6.33. The Balaban J connectivity index is 1.41. The molecular formula is C21H22ClN3O2S. The van der Waals surface area contributed by atoms with Crippen molar-refractivity contribution >= 4 is 22.9 Å². The highest BCUT2D eigenvalue weighted by atomic mass is 35.5. The minimum atomic E-state index is -0.915. The van der Waals surface area contributed by atoms with Gasteiger partial charge in [-0.25, -0.2) is 4.68 Å². The summed E-state index contributed by atoms with van der Waals surface area (Å²) < 4.78 is 1.41. The molecule has 1 N–H and O–H groups in total. The number of hydrogen-bond donors (Lipinski definition) is 1. The Hall–Kier alpha value is -1.99. The van der Waals surface area contributed by atoms with E-state index in [1.165, 1.54) is 16.3 Å². The summed E-state index contributed by atoms with van der Waals surface area (Å²) >= 11 is 7.53. The number of piperidine rings is 1. The number of hydrogen-bond acceptors (Lipinski definition) is 5. The lowest BCUT2D eigenvalue weighted by atomic mass is 9.91. The van der Waals surface area contributed by atoms with Gasteiger partial charge in [0.05, 0.1) is 17.0 Å². The summed E-state index contributed by atoms with van der Waals surface area (Å²) in [6, 6.07) is 15.1. The van der Waals surface area contributed by atoms with Crippen molar-refractivity contribution in [2.45, 2.75) is 31.5 Å². The van der Waals surface area contributed by atoms with Crippen molar-refractivity contribution in [2.75, 3.05) is 13.1 Å². The fraction of sp³-hybridized carbons (Fsp3) is 0.333. The third kappa shape index (κ3) is 4.52. The van der Waals surface area contributed by atoms with Crippen molar-refractivity contribution in [3.8, 4) is 10.6 Å². The van der Waals surface area contributed by atoms with E-state index in [1.807, 2.05) is 41.8 Å². The van der Waals surface area contributed by atoms with Crippen molar-refractivity contribution in [1.29, 1.82) is 0 Å². The van der Waals surface area contributed by atoms with Gasteiger partial charge < -0.3 is 5.11 Å². The Bertz CT molecular complexity index is 978. The van der Waals surface area contributed by atoms with E-state index in [0.29, 0.717) is 12.8 Å². The molecule has 0 spiro atoms. The lowest BCUT2D eigenvalue weighted by molar-refractivity contribution is -0.0389. The van der Waals surface area contributed by atoms with Gasteiger partial charge >= 0.3 is 0 Å². The van der Waals surface area contributed by atoms with Gasteiger partial charge in [0.15, 0.2) is 0 Å². The average Bonchev–Trinajstić information content (AvgIpc) is 3.22. The van der Waals surface area contributed by atoms with Gasteiger partial charge in [-0.05, 0) is 48.1 Å². The van der Waals surface area contributed by atoms with E-state index in [-0.39, 0.29) is 12.1 Å². The standard InChI is InChI=1S/C21H22ClN3O2S/c22-17-5-3-16(4-6-17)14-24-11-9-21(27,10-12-24)15-25-20(26)8-7-18(23-25)19-2-1-13-28-19/h1-8,13,27H,9-12,14-15H2. The molecule has 1 aliphatic heterocycles. The van der Waals surface area contributed by atoms with Crippen LogP contribution < -0.4 is 5.56 Å². The van der Waals surface area contributed by atoms with Crippen LogP contribution >= 0.6 is 22.9 Å². The molecule has 0 radical (unpaired) electrons. The summed E-state index contributed by atoms with van der Waals surface area (Å²) in [6.45, 7) is 2.61. The number of benzene rings is 1. The fourth-order valence-corrected chi connectivity index (χ4v) is 4.35. The first-order chi connectivity index (χ1) is 13.5. The van der Waals surface area contributed by atoms with Gasteiger partial charge in [-0.1, -0.05) is 29.8 Å².